The summed E-state index contributed by atoms with van der Waals surface area (Å²) >= 11 is 0. The molecule has 2 N–H and O–H groups in total. The van der Waals surface area contributed by atoms with Gasteiger partial charge in [-0.1, -0.05) is 30.7 Å². The van der Waals surface area contributed by atoms with Crippen LogP contribution in [0.5, 0.6) is 5.75 Å². The molecule has 1 saturated heterocycles. The van der Waals surface area contributed by atoms with E-state index in [2.05, 4.69) is 10.0 Å². The van der Waals surface area contributed by atoms with Gasteiger partial charge in [0, 0.05) is 18.7 Å². The van der Waals surface area contributed by atoms with E-state index in [1.165, 1.54) is 22.5 Å². The Kier molecular flexibility index (Phi) is 8.94. The molecule has 3 aromatic rings. The highest BCUT2D eigenvalue weighted by molar-refractivity contribution is 7.92. The lowest BCUT2D eigenvalue weighted by Gasteiger charge is -2.25. The van der Waals surface area contributed by atoms with Gasteiger partial charge in [0.15, 0.2) is 0 Å². The van der Waals surface area contributed by atoms with Crippen LogP contribution < -0.4 is 14.8 Å². The van der Waals surface area contributed by atoms with Crippen LogP contribution in [0, 0.1) is 13.8 Å². The summed E-state index contributed by atoms with van der Waals surface area (Å²) in [5.41, 5.74) is 1.98. The SMILES string of the molecule is Cc1ccccc1NS(=O)(=O)c1cc(C(=O)NCCOc2ccc(S(=O)(=O)N3CCCCC3)cc2)ccc1C. The van der Waals surface area contributed by atoms with E-state index in [0.717, 1.165) is 24.8 Å². The zero-order valence-corrected chi connectivity index (χ0v) is 23.6. The molecule has 1 aliphatic rings. The van der Waals surface area contributed by atoms with Gasteiger partial charge >= 0.3 is 0 Å². The van der Waals surface area contributed by atoms with Crippen molar-refractivity contribution < 1.29 is 26.4 Å². The molecule has 0 bridgehead atoms. The maximum absolute atomic E-state index is 13.0. The fourth-order valence-corrected chi connectivity index (χ4v) is 7.24. The smallest absolute Gasteiger partial charge is 0.262 e. The number of nitrogens with zero attached hydrogens (tertiary/aromatic N) is 1. The Balaban J connectivity index is 1.32. The van der Waals surface area contributed by atoms with Crippen molar-refractivity contribution in [2.75, 3.05) is 31.0 Å². The number of carbonyl (C=O) groups excluding carboxylic acids is 1. The van der Waals surface area contributed by atoms with Gasteiger partial charge in [0.25, 0.3) is 15.9 Å². The van der Waals surface area contributed by atoms with Gasteiger partial charge in [-0.3, -0.25) is 9.52 Å². The number of hydrogen-bond donors (Lipinski definition) is 2. The summed E-state index contributed by atoms with van der Waals surface area (Å²) in [6.07, 6.45) is 2.79. The van der Waals surface area contributed by atoms with Crippen molar-refractivity contribution in [2.24, 2.45) is 0 Å². The summed E-state index contributed by atoms with van der Waals surface area (Å²) in [7, 11) is -7.42. The van der Waals surface area contributed by atoms with Gasteiger partial charge in [-0.05, 0) is 80.3 Å². The molecule has 11 heteroatoms. The Hall–Kier alpha value is -3.41. The highest BCUT2D eigenvalue weighted by Gasteiger charge is 2.25. The van der Waals surface area contributed by atoms with Crippen molar-refractivity contribution in [2.45, 2.75) is 42.9 Å². The van der Waals surface area contributed by atoms with Crippen LogP contribution in [-0.4, -0.2) is 53.3 Å². The molecular weight excluding hydrogens is 538 g/mol. The number of benzene rings is 3. The summed E-state index contributed by atoms with van der Waals surface area (Å²) in [5.74, 6) is 0.0433. The minimum Gasteiger partial charge on any atom is -0.492 e. The zero-order valence-electron chi connectivity index (χ0n) is 22.0. The van der Waals surface area contributed by atoms with E-state index >= 15 is 0 Å². The zero-order chi connectivity index (χ0) is 28.0. The molecular formula is C28H33N3O6S2. The number of amides is 1. The molecule has 1 amide bonds. The summed E-state index contributed by atoms with van der Waals surface area (Å²) in [4.78, 5) is 13.0. The minimum absolute atomic E-state index is 0.0225. The third kappa shape index (κ3) is 6.97. The monoisotopic (exact) mass is 571 g/mol. The highest BCUT2D eigenvalue weighted by Crippen LogP contribution is 2.24. The van der Waals surface area contributed by atoms with Crippen LogP contribution in [0.2, 0.25) is 0 Å². The van der Waals surface area contributed by atoms with Crippen molar-refractivity contribution in [1.82, 2.24) is 9.62 Å². The van der Waals surface area contributed by atoms with Crippen molar-refractivity contribution in [3.05, 3.63) is 83.4 Å². The summed E-state index contributed by atoms with van der Waals surface area (Å²) < 4.78 is 61.4. The molecule has 0 atom stereocenters. The van der Waals surface area contributed by atoms with Gasteiger partial charge in [-0.2, -0.15) is 4.31 Å². The molecule has 0 saturated carbocycles. The Morgan fingerprint density at radius 2 is 1.56 bits per heavy atom. The van der Waals surface area contributed by atoms with Crippen molar-refractivity contribution in [1.29, 1.82) is 0 Å². The lowest BCUT2D eigenvalue weighted by molar-refractivity contribution is 0.0946. The quantitative estimate of drug-likeness (QED) is 0.354. The number of ether oxygens (including phenoxy) is 1. The van der Waals surface area contributed by atoms with Crippen LogP contribution in [0.15, 0.2) is 76.5 Å². The first-order valence-corrected chi connectivity index (χ1v) is 15.7. The number of rotatable bonds is 10. The van der Waals surface area contributed by atoms with E-state index in [0.29, 0.717) is 30.1 Å². The fraction of sp³-hybridized carbons (Fsp3) is 0.321. The van der Waals surface area contributed by atoms with Crippen LogP contribution in [0.4, 0.5) is 5.69 Å². The van der Waals surface area contributed by atoms with Gasteiger partial charge in [0.05, 0.1) is 22.0 Å². The molecule has 9 nitrogen and oxygen atoms in total. The topological polar surface area (TPSA) is 122 Å². The normalized spacial score (nSPS) is 14.5. The van der Waals surface area contributed by atoms with Crippen LogP contribution in [0.25, 0.3) is 0 Å². The summed E-state index contributed by atoms with van der Waals surface area (Å²) in [5, 5.41) is 2.72. The highest BCUT2D eigenvalue weighted by atomic mass is 32.2. The van der Waals surface area contributed by atoms with Crippen molar-refractivity contribution in [3.8, 4) is 5.75 Å². The number of sulfonamides is 2. The molecule has 1 aliphatic heterocycles. The van der Waals surface area contributed by atoms with Gasteiger partial charge in [0.2, 0.25) is 10.0 Å². The number of anilines is 1. The molecule has 1 fully saturated rings. The molecule has 0 radical (unpaired) electrons. The van der Waals surface area contributed by atoms with Crippen molar-refractivity contribution in [3.63, 3.8) is 0 Å². The number of carbonyl (C=O) groups is 1. The fourth-order valence-electron chi connectivity index (χ4n) is 4.32. The first kappa shape index (κ1) is 28.6. The number of nitrogens with one attached hydrogen (secondary N) is 2. The number of hydrogen-bond acceptors (Lipinski definition) is 6. The van der Waals surface area contributed by atoms with E-state index in [9.17, 15) is 21.6 Å². The van der Waals surface area contributed by atoms with Crippen LogP contribution >= 0.6 is 0 Å². The predicted molar refractivity (Wildman–Crippen MR) is 150 cm³/mol. The second-order valence-corrected chi connectivity index (χ2v) is 13.0. The second-order valence-electron chi connectivity index (χ2n) is 9.44. The summed E-state index contributed by atoms with van der Waals surface area (Å²) in [6, 6.07) is 17.8. The van der Waals surface area contributed by atoms with E-state index in [1.807, 2.05) is 19.1 Å². The van der Waals surface area contributed by atoms with Crippen molar-refractivity contribution >= 4 is 31.6 Å². The second kappa shape index (κ2) is 12.2. The maximum atomic E-state index is 13.0. The molecule has 39 heavy (non-hydrogen) atoms. The molecule has 4 rings (SSSR count). The average Bonchev–Trinajstić information content (AvgIpc) is 2.93. The molecule has 1 heterocycles. The Bertz CT molecular complexity index is 1530. The first-order chi connectivity index (χ1) is 18.6. The van der Waals surface area contributed by atoms with Gasteiger partial charge in [0.1, 0.15) is 12.4 Å². The lowest BCUT2D eigenvalue weighted by atomic mass is 10.1. The van der Waals surface area contributed by atoms with Crippen LogP contribution in [-0.2, 0) is 20.0 Å². The van der Waals surface area contributed by atoms with Gasteiger partial charge < -0.3 is 10.1 Å². The third-order valence-corrected chi connectivity index (χ3v) is 9.98. The average molecular weight is 572 g/mol. The summed E-state index contributed by atoms with van der Waals surface area (Å²) in [6.45, 7) is 4.88. The third-order valence-electron chi connectivity index (χ3n) is 6.56. The van der Waals surface area contributed by atoms with E-state index in [4.69, 9.17) is 4.74 Å². The van der Waals surface area contributed by atoms with E-state index in [-0.39, 0.29) is 28.5 Å². The van der Waals surface area contributed by atoms with Crippen LogP contribution in [0.3, 0.4) is 0 Å². The molecule has 3 aromatic carbocycles. The van der Waals surface area contributed by atoms with Gasteiger partial charge in [-0.15, -0.1) is 0 Å². The molecule has 0 spiro atoms. The molecule has 208 valence electrons. The molecule has 0 unspecified atom stereocenters. The van der Waals surface area contributed by atoms with Crippen LogP contribution in [0.1, 0.15) is 40.7 Å². The minimum atomic E-state index is -3.91. The first-order valence-electron chi connectivity index (χ1n) is 12.8. The lowest BCUT2D eigenvalue weighted by Crippen LogP contribution is -2.35. The van der Waals surface area contributed by atoms with E-state index < -0.39 is 26.0 Å². The van der Waals surface area contributed by atoms with Gasteiger partial charge in [-0.25, -0.2) is 16.8 Å². The predicted octanol–water partition coefficient (Wildman–Crippen LogP) is 4.09. The molecule has 0 aromatic heterocycles. The molecule has 0 aliphatic carbocycles. The number of para-hydroxylation sites is 1. The Morgan fingerprint density at radius 1 is 0.872 bits per heavy atom. The Morgan fingerprint density at radius 3 is 2.26 bits per heavy atom. The maximum Gasteiger partial charge on any atom is 0.262 e. The number of aryl methyl sites for hydroxylation is 2. The largest absolute Gasteiger partial charge is 0.492 e. The standard InChI is InChI=1S/C28H33N3O6S2/c1-21-8-4-5-9-26(21)30-38(33,34)27-20-23(11-10-22(27)2)28(32)29-16-19-37-24-12-14-25(15-13-24)39(35,36)31-17-6-3-7-18-31/h4-5,8-15,20,30H,3,6-7,16-19H2,1-2H3,(H,29,32). The Labute approximate surface area is 230 Å². The number of piperidine rings is 1. The van der Waals surface area contributed by atoms with E-state index in [1.54, 1.807) is 43.3 Å².